The molecule has 0 aromatic heterocycles. The van der Waals surface area contributed by atoms with E-state index in [2.05, 4.69) is 11.8 Å². The highest BCUT2D eigenvalue weighted by atomic mass is 32.2. The third kappa shape index (κ3) is 4.34. The van der Waals surface area contributed by atoms with Gasteiger partial charge in [-0.05, 0) is 50.1 Å². The van der Waals surface area contributed by atoms with Gasteiger partial charge in [-0.15, -0.1) is 0 Å². The Bertz CT molecular complexity index is 804. The van der Waals surface area contributed by atoms with E-state index < -0.39 is 10.0 Å². The summed E-state index contributed by atoms with van der Waals surface area (Å²) in [6.07, 6.45) is 1.46. The SMILES string of the molecule is CCN1CCN(C(=O)C2CCCN(S(=O)(=O)c3ccc(OC)c(C)c3)C2)CC1. The molecule has 0 aliphatic carbocycles. The summed E-state index contributed by atoms with van der Waals surface area (Å²) < 4.78 is 32.9. The van der Waals surface area contributed by atoms with Crippen LogP contribution in [0.3, 0.4) is 0 Å². The lowest BCUT2D eigenvalue weighted by atomic mass is 9.98. The number of ether oxygens (including phenoxy) is 1. The normalized spacial score (nSPS) is 22.2. The molecule has 2 fully saturated rings. The van der Waals surface area contributed by atoms with Gasteiger partial charge < -0.3 is 14.5 Å². The van der Waals surface area contributed by atoms with Crippen LogP contribution in [0.25, 0.3) is 0 Å². The Morgan fingerprint density at radius 2 is 1.89 bits per heavy atom. The predicted molar refractivity (Wildman–Crippen MR) is 108 cm³/mol. The van der Waals surface area contributed by atoms with E-state index in [9.17, 15) is 13.2 Å². The molecule has 1 amide bonds. The molecule has 3 rings (SSSR count). The molecule has 7 nitrogen and oxygen atoms in total. The molecular weight excluding hydrogens is 378 g/mol. The Labute approximate surface area is 168 Å². The second kappa shape index (κ2) is 8.80. The second-order valence-electron chi connectivity index (χ2n) is 7.59. The van der Waals surface area contributed by atoms with Crippen molar-refractivity contribution in [2.75, 3.05) is 52.9 Å². The van der Waals surface area contributed by atoms with Gasteiger partial charge in [0.25, 0.3) is 0 Å². The quantitative estimate of drug-likeness (QED) is 0.738. The first-order valence-electron chi connectivity index (χ1n) is 10.0. The molecular formula is C20H31N3O4S. The highest BCUT2D eigenvalue weighted by Gasteiger charge is 2.35. The average Bonchev–Trinajstić information content (AvgIpc) is 2.73. The minimum absolute atomic E-state index is 0.0987. The molecule has 0 bridgehead atoms. The van der Waals surface area contributed by atoms with E-state index in [0.29, 0.717) is 18.7 Å². The van der Waals surface area contributed by atoms with Gasteiger partial charge in [-0.25, -0.2) is 8.42 Å². The van der Waals surface area contributed by atoms with Crippen LogP contribution in [0.1, 0.15) is 25.3 Å². The summed E-state index contributed by atoms with van der Waals surface area (Å²) in [6.45, 7) is 8.92. The topological polar surface area (TPSA) is 70.2 Å². The van der Waals surface area contributed by atoms with Crippen molar-refractivity contribution in [1.82, 2.24) is 14.1 Å². The van der Waals surface area contributed by atoms with Crippen molar-refractivity contribution in [2.24, 2.45) is 5.92 Å². The molecule has 2 aliphatic rings. The Kier molecular flexibility index (Phi) is 6.62. The fraction of sp³-hybridized carbons (Fsp3) is 0.650. The Morgan fingerprint density at radius 3 is 2.50 bits per heavy atom. The van der Waals surface area contributed by atoms with Gasteiger partial charge in [-0.3, -0.25) is 4.79 Å². The molecule has 1 unspecified atom stereocenters. The third-order valence-corrected chi connectivity index (χ3v) is 7.73. The van der Waals surface area contributed by atoms with Gasteiger partial charge in [-0.1, -0.05) is 6.92 Å². The molecule has 0 radical (unpaired) electrons. The van der Waals surface area contributed by atoms with Crippen molar-refractivity contribution in [3.63, 3.8) is 0 Å². The number of hydrogen-bond acceptors (Lipinski definition) is 5. The van der Waals surface area contributed by atoms with E-state index in [-0.39, 0.29) is 23.3 Å². The summed E-state index contributed by atoms with van der Waals surface area (Å²) in [6, 6.07) is 4.90. The number of piperazine rings is 1. The number of carbonyl (C=O) groups is 1. The van der Waals surface area contributed by atoms with Crippen LogP contribution in [0.2, 0.25) is 0 Å². The van der Waals surface area contributed by atoms with E-state index >= 15 is 0 Å². The first-order valence-corrected chi connectivity index (χ1v) is 11.5. The molecule has 1 atom stereocenters. The highest BCUT2D eigenvalue weighted by molar-refractivity contribution is 7.89. The first-order chi connectivity index (χ1) is 13.4. The number of likely N-dealkylation sites (N-methyl/N-ethyl adjacent to an activating group) is 1. The number of aryl methyl sites for hydroxylation is 1. The number of rotatable bonds is 5. The first kappa shape index (κ1) is 21.1. The molecule has 2 saturated heterocycles. The third-order valence-electron chi connectivity index (χ3n) is 5.87. The van der Waals surface area contributed by atoms with Gasteiger partial charge >= 0.3 is 0 Å². The van der Waals surface area contributed by atoms with Crippen molar-refractivity contribution in [3.05, 3.63) is 23.8 Å². The second-order valence-corrected chi connectivity index (χ2v) is 9.53. The molecule has 2 aliphatic heterocycles. The van der Waals surface area contributed by atoms with Crippen molar-refractivity contribution >= 4 is 15.9 Å². The Balaban J connectivity index is 1.70. The van der Waals surface area contributed by atoms with E-state index in [1.54, 1.807) is 25.3 Å². The number of benzene rings is 1. The molecule has 156 valence electrons. The van der Waals surface area contributed by atoms with Crippen LogP contribution in [-0.2, 0) is 14.8 Å². The van der Waals surface area contributed by atoms with Crippen molar-refractivity contribution in [3.8, 4) is 5.75 Å². The average molecular weight is 410 g/mol. The monoisotopic (exact) mass is 409 g/mol. The number of nitrogens with zero attached hydrogens (tertiary/aromatic N) is 3. The van der Waals surface area contributed by atoms with Crippen molar-refractivity contribution < 1.29 is 17.9 Å². The molecule has 28 heavy (non-hydrogen) atoms. The molecule has 2 heterocycles. The molecule has 1 aromatic rings. The zero-order valence-corrected chi connectivity index (χ0v) is 17.9. The summed E-state index contributed by atoms with van der Waals surface area (Å²) in [4.78, 5) is 17.5. The van der Waals surface area contributed by atoms with Gasteiger partial charge in [0.2, 0.25) is 15.9 Å². The lowest BCUT2D eigenvalue weighted by molar-refractivity contribution is -0.138. The number of methoxy groups -OCH3 is 1. The zero-order valence-electron chi connectivity index (χ0n) is 17.1. The number of sulfonamides is 1. The lowest BCUT2D eigenvalue weighted by Crippen LogP contribution is -2.52. The largest absolute Gasteiger partial charge is 0.496 e. The molecule has 0 saturated carbocycles. The minimum atomic E-state index is -3.62. The molecule has 8 heteroatoms. The van der Waals surface area contributed by atoms with E-state index in [1.807, 2.05) is 11.8 Å². The fourth-order valence-electron chi connectivity index (χ4n) is 4.07. The molecule has 1 aromatic carbocycles. The van der Waals surface area contributed by atoms with E-state index in [1.165, 1.54) is 4.31 Å². The Morgan fingerprint density at radius 1 is 1.18 bits per heavy atom. The van der Waals surface area contributed by atoms with Crippen LogP contribution in [0.5, 0.6) is 5.75 Å². The number of carbonyl (C=O) groups excluding carboxylic acids is 1. The van der Waals surface area contributed by atoms with E-state index in [0.717, 1.165) is 44.7 Å². The number of piperidine rings is 1. The van der Waals surface area contributed by atoms with Gasteiger partial charge in [0.15, 0.2) is 0 Å². The maximum atomic E-state index is 13.1. The fourth-order valence-corrected chi connectivity index (χ4v) is 5.67. The number of hydrogen-bond donors (Lipinski definition) is 0. The summed E-state index contributed by atoms with van der Waals surface area (Å²) >= 11 is 0. The standard InChI is InChI=1S/C20H31N3O4S/c1-4-21-10-12-22(13-11-21)20(24)17-6-5-9-23(15-17)28(25,26)18-7-8-19(27-3)16(2)14-18/h7-8,14,17H,4-6,9-13,15H2,1-3H3. The lowest BCUT2D eigenvalue weighted by Gasteiger charge is -2.38. The summed E-state index contributed by atoms with van der Waals surface area (Å²) in [7, 11) is -2.05. The van der Waals surface area contributed by atoms with Crippen molar-refractivity contribution in [1.29, 1.82) is 0 Å². The van der Waals surface area contributed by atoms with E-state index in [4.69, 9.17) is 4.74 Å². The summed E-state index contributed by atoms with van der Waals surface area (Å²) in [5.74, 6) is 0.509. The highest BCUT2D eigenvalue weighted by Crippen LogP contribution is 2.28. The van der Waals surface area contributed by atoms with Gasteiger partial charge in [-0.2, -0.15) is 4.31 Å². The zero-order chi connectivity index (χ0) is 20.3. The van der Waals surface area contributed by atoms with Gasteiger partial charge in [0.05, 0.1) is 17.9 Å². The Hall–Kier alpha value is -1.64. The van der Waals surface area contributed by atoms with Gasteiger partial charge in [0.1, 0.15) is 5.75 Å². The summed E-state index contributed by atoms with van der Waals surface area (Å²) in [5.41, 5.74) is 0.780. The molecule has 0 N–H and O–H groups in total. The maximum absolute atomic E-state index is 13.1. The summed E-state index contributed by atoms with van der Waals surface area (Å²) in [5, 5.41) is 0. The maximum Gasteiger partial charge on any atom is 0.243 e. The minimum Gasteiger partial charge on any atom is -0.496 e. The van der Waals surface area contributed by atoms with Crippen LogP contribution in [0.15, 0.2) is 23.1 Å². The van der Waals surface area contributed by atoms with Crippen molar-refractivity contribution in [2.45, 2.75) is 31.6 Å². The smallest absolute Gasteiger partial charge is 0.243 e. The van der Waals surface area contributed by atoms with Crippen LogP contribution in [-0.4, -0.2) is 81.4 Å². The van der Waals surface area contributed by atoms with Gasteiger partial charge in [0, 0.05) is 39.3 Å². The number of amides is 1. The molecule has 0 spiro atoms. The van der Waals surface area contributed by atoms with Crippen LogP contribution >= 0.6 is 0 Å². The predicted octanol–water partition coefficient (Wildman–Crippen LogP) is 1.57. The van der Waals surface area contributed by atoms with Crippen LogP contribution in [0, 0.1) is 12.8 Å². The van der Waals surface area contributed by atoms with Crippen LogP contribution < -0.4 is 4.74 Å². The van der Waals surface area contributed by atoms with Crippen LogP contribution in [0.4, 0.5) is 0 Å².